The maximum absolute atomic E-state index is 5.24. The van der Waals surface area contributed by atoms with Crippen LogP contribution in [0.2, 0.25) is 0 Å². The molecule has 6 aliphatic rings. The van der Waals surface area contributed by atoms with E-state index in [-0.39, 0.29) is 0 Å². The van der Waals surface area contributed by atoms with E-state index in [0.29, 0.717) is 0 Å². The Morgan fingerprint density at radius 1 is 0.561 bits per heavy atom. The molecule has 2 N–H and O–H groups in total. The van der Waals surface area contributed by atoms with E-state index in [9.17, 15) is 0 Å². The number of hydrogen-bond acceptors (Lipinski definition) is 7. The summed E-state index contributed by atoms with van der Waals surface area (Å²) in [6.07, 6.45) is 12.4. The Morgan fingerprint density at radius 2 is 1.15 bits per heavy atom. The average molecular weight is 559 g/mol. The van der Waals surface area contributed by atoms with Gasteiger partial charge in [-0.05, 0) is 109 Å². The first kappa shape index (κ1) is 26.0. The molecule has 8 bridgehead atoms. The van der Waals surface area contributed by atoms with Gasteiger partial charge in [0.15, 0.2) is 0 Å². The zero-order valence-corrected chi connectivity index (χ0v) is 25.3. The molecular weight excluding hydrogens is 524 g/mol. The topological polar surface area (TPSA) is 73.5 Å². The van der Waals surface area contributed by atoms with Crippen LogP contribution in [-0.2, 0) is 0 Å². The van der Waals surface area contributed by atoms with Gasteiger partial charge in [-0.15, -0.1) is 0 Å². The highest BCUT2D eigenvalue weighted by Crippen LogP contribution is 2.45. The third-order valence-electron chi connectivity index (χ3n) is 8.80. The van der Waals surface area contributed by atoms with Gasteiger partial charge in [-0.1, -0.05) is 27.7 Å². The summed E-state index contributed by atoms with van der Waals surface area (Å²) in [5.41, 5.74) is 19.8. The molecule has 41 heavy (non-hydrogen) atoms. The number of nitrogens with zero attached hydrogens (tertiary/aromatic N) is 4. The van der Waals surface area contributed by atoms with Gasteiger partial charge in [-0.2, -0.15) is 0 Å². The van der Waals surface area contributed by atoms with Crippen molar-refractivity contribution in [2.45, 2.75) is 67.2 Å². The predicted octanol–water partition coefficient (Wildman–Crippen LogP) is 8.83. The summed E-state index contributed by atoms with van der Waals surface area (Å²) in [6, 6.07) is 4.30. The van der Waals surface area contributed by atoms with Crippen LogP contribution in [0.25, 0.3) is 5.70 Å². The summed E-state index contributed by atoms with van der Waals surface area (Å²) in [5, 5.41) is 0. The third-order valence-corrected chi connectivity index (χ3v) is 9.43. The highest BCUT2D eigenvalue weighted by atomic mass is 32.2. The molecule has 0 saturated heterocycles. The van der Waals surface area contributed by atoms with Crippen LogP contribution in [0.1, 0.15) is 78.4 Å². The van der Waals surface area contributed by atoms with E-state index in [4.69, 9.17) is 20.0 Å². The zero-order valence-electron chi connectivity index (χ0n) is 24.5. The van der Waals surface area contributed by atoms with Crippen LogP contribution in [-0.4, -0.2) is 22.8 Å². The fourth-order valence-electron chi connectivity index (χ4n) is 6.65. The molecule has 0 spiro atoms. The Bertz CT molecular complexity index is 1800. The minimum absolute atomic E-state index is 0.900. The smallest absolute Gasteiger partial charge is 0.0799 e. The summed E-state index contributed by atoms with van der Waals surface area (Å²) >= 11 is 1.49. The largest absolute Gasteiger partial charge is 0.310 e. The summed E-state index contributed by atoms with van der Waals surface area (Å²) in [6.45, 7) is 13.2. The molecule has 1 aromatic carbocycles. The number of allylic oxidation sites excluding steroid dienone is 10. The van der Waals surface area contributed by atoms with Crippen molar-refractivity contribution in [1.29, 1.82) is 0 Å². The van der Waals surface area contributed by atoms with Gasteiger partial charge in [-0.25, -0.2) is 20.0 Å². The second-order valence-corrected chi connectivity index (χ2v) is 11.5. The lowest BCUT2D eigenvalue weighted by Gasteiger charge is -2.08. The summed E-state index contributed by atoms with van der Waals surface area (Å²) in [5.74, 6) is 0. The van der Waals surface area contributed by atoms with Crippen LogP contribution in [0.15, 0.2) is 107 Å². The number of nitrogens with one attached hydrogen (secondary N) is 2. The van der Waals surface area contributed by atoms with Crippen molar-refractivity contribution < 1.29 is 0 Å². The lowest BCUT2D eigenvalue weighted by molar-refractivity contribution is 1.05. The van der Waals surface area contributed by atoms with Crippen LogP contribution in [0, 0.1) is 0 Å². The van der Waals surface area contributed by atoms with E-state index in [1.165, 1.54) is 45.6 Å². The average Bonchev–Trinajstić information content (AvgIpc) is 3.76. The molecule has 7 heteroatoms. The number of rotatable bonds is 4. The number of benzene rings is 1. The number of hydrogen-bond donors (Lipinski definition) is 2. The molecule has 0 aliphatic carbocycles. The van der Waals surface area contributed by atoms with Crippen molar-refractivity contribution in [3.05, 3.63) is 98.1 Å². The van der Waals surface area contributed by atoms with Crippen molar-refractivity contribution in [2.75, 3.05) is 9.44 Å². The van der Waals surface area contributed by atoms with Crippen molar-refractivity contribution in [3.63, 3.8) is 0 Å². The lowest BCUT2D eigenvalue weighted by atomic mass is 9.96. The van der Waals surface area contributed by atoms with Crippen molar-refractivity contribution in [2.24, 2.45) is 20.0 Å². The van der Waals surface area contributed by atoms with Crippen molar-refractivity contribution >= 4 is 52.1 Å². The van der Waals surface area contributed by atoms with Crippen LogP contribution in [0.5, 0.6) is 0 Å². The molecule has 6 heterocycles. The Hall–Kier alpha value is -3.97. The Morgan fingerprint density at radius 3 is 1.90 bits per heavy atom. The summed E-state index contributed by atoms with van der Waals surface area (Å²) in [4.78, 5) is 20.8. The Kier molecular flexibility index (Phi) is 6.23. The molecule has 0 radical (unpaired) electrons. The molecule has 0 unspecified atom stereocenters. The fourth-order valence-corrected chi connectivity index (χ4v) is 7.30. The molecule has 7 rings (SSSR count). The van der Waals surface area contributed by atoms with Gasteiger partial charge < -0.3 is 9.44 Å². The van der Waals surface area contributed by atoms with Crippen molar-refractivity contribution in [1.82, 2.24) is 0 Å². The molecule has 1 aromatic rings. The fraction of sp³-hybridized carbons (Fsp3) is 0.294. The second-order valence-electron chi connectivity index (χ2n) is 10.9. The van der Waals surface area contributed by atoms with Gasteiger partial charge in [-0.3, -0.25) is 0 Å². The van der Waals surface area contributed by atoms with Gasteiger partial charge in [0.25, 0.3) is 0 Å². The Balaban J connectivity index is 1.53. The normalized spacial score (nSPS) is 20.5. The third kappa shape index (κ3) is 3.93. The molecule has 206 valence electrons. The highest BCUT2D eigenvalue weighted by molar-refractivity contribution is 8.02. The molecule has 0 amide bonds. The first-order chi connectivity index (χ1) is 19.9. The summed E-state index contributed by atoms with van der Waals surface area (Å²) in [7, 11) is 0. The number of aliphatic imine (C=N–C) groups is 4. The molecule has 0 saturated carbocycles. The standard InChI is InChI=1S/C34H34N6S/c1-7-19-17(5)25-13-29-21(9-3)22(10-4)30(37-29)14-26-18(6)20(8-2)28(36-26)16-32-33-23(31(38-32)15-27(19)35-25)11-12-24-34(33)40-41-39-24/h11-16,39-40H,7-10H2,1-6H3. The molecule has 0 fully saturated rings. The maximum Gasteiger partial charge on any atom is 0.0799 e. The van der Waals surface area contributed by atoms with Crippen LogP contribution < -0.4 is 9.44 Å². The second kappa shape index (κ2) is 9.84. The van der Waals surface area contributed by atoms with E-state index in [2.05, 4.69) is 87.4 Å². The number of anilines is 2. The van der Waals surface area contributed by atoms with Gasteiger partial charge in [0.2, 0.25) is 0 Å². The van der Waals surface area contributed by atoms with Crippen LogP contribution in [0.4, 0.5) is 11.4 Å². The molecule has 0 aromatic heterocycles. The quantitative estimate of drug-likeness (QED) is 0.363. The van der Waals surface area contributed by atoms with Gasteiger partial charge >= 0.3 is 0 Å². The first-order valence-corrected chi connectivity index (χ1v) is 15.5. The predicted molar refractivity (Wildman–Crippen MR) is 176 cm³/mol. The molecular formula is C34H34N6S. The van der Waals surface area contributed by atoms with E-state index in [1.807, 2.05) is 0 Å². The van der Waals surface area contributed by atoms with Gasteiger partial charge in [0, 0.05) is 11.1 Å². The zero-order chi connectivity index (χ0) is 28.4. The maximum atomic E-state index is 5.24. The highest BCUT2D eigenvalue weighted by Gasteiger charge is 2.31. The minimum atomic E-state index is 0.900. The SMILES string of the molecule is CCC1=C(C)C2=NC1=CC1=NC(=CC3=NC(=CC4=NC(=C2)C(CC)=C4CC)C(C)=C3CC)c2ccc3c(c21)NSN3. The molecule has 0 atom stereocenters. The van der Waals surface area contributed by atoms with Crippen molar-refractivity contribution in [3.8, 4) is 0 Å². The monoisotopic (exact) mass is 558 g/mol. The van der Waals surface area contributed by atoms with Crippen LogP contribution in [0.3, 0.4) is 0 Å². The van der Waals surface area contributed by atoms with Crippen LogP contribution >= 0.6 is 12.1 Å². The van der Waals surface area contributed by atoms with E-state index in [1.54, 1.807) is 0 Å². The van der Waals surface area contributed by atoms with E-state index >= 15 is 0 Å². The first-order valence-electron chi connectivity index (χ1n) is 14.7. The van der Waals surface area contributed by atoms with Gasteiger partial charge in [0.1, 0.15) is 0 Å². The number of fused-ring (bicyclic) bond motifs is 9. The van der Waals surface area contributed by atoms with Gasteiger partial charge in [0.05, 0.1) is 69.1 Å². The molecule has 6 aliphatic heterocycles. The van der Waals surface area contributed by atoms with E-state index in [0.717, 1.165) is 93.8 Å². The minimum Gasteiger partial charge on any atom is -0.310 e. The summed E-state index contributed by atoms with van der Waals surface area (Å²) < 4.78 is 6.83. The molecule has 6 nitrogen and oxygen atoms in total. The Labute approximate surface area is 246 Å². The van der Waals surface area contributed by atoms with E-state index < -0.39 is 0 Å². The lowest BCUT2D eigenvalue weighted by Crippen LogP contribution is -2.00.